The van der Waals surface area contributed by atoms with Gasteiger partial charge < -0.3 is 15.0 Å². The lowest BCUT2D eigenvalue weighted by atomic mass is 10.1. The number of H-pyrrole nitrogens is 1. The van der Waals surface area contributed by atoms with Crippen LogP contribution in [0.2, 0.25) is 10.0 Å². The number of halogens is 2. The molecule has 0 aliphatic rings. The van der Waals surface area contributed by atoms with Gasteiger partial charge in [-0.05, 0) is 27.1 Å². The van der Waals surface area contributed by atoms with Crippen molar-refractivity contribution in [2.45, 2.75) is 13.5 Å². The third kappa shape index (κ3) is 2.10. The summed E-state index contributed by atoms with van der Waals surface area (Å²) in [6, 6.07) is 1.97. The summed E-state index contributed by atoms with van der Waals surface area (Å²) in [6.07, 6.45) is 0. The zero-order valence-corrected chi connectivity index (χ0v) is 11.4. The van der Waals surface area contributed by atoms with Crippen molar-refractivity contribution in [3.63, 3.8) is 0 Å². The predicted molar refractivity (Wildman–Crippen MR) is 72.1 cm³/mol. The summed E-state index contributed by atoms with van der Waals surface area (Å²) < 4.78 is 0. The maximum Gasteiger partial charge on any atom is 0.140 e. The number of phenols is 1. The highest BCUT2D eigenvalue weighted by Crippen LogP contribution is 2.41. The number of aromatic amines is 1. The Morgan fingerprint density at radius 1 is 1.29 bits per heavy atom. The lowest BCUT2D eigenvalue weighted by Crippen LogP contribution is -2.11. The fraction of sp³-hybridized carbons (Fsp3) is 0.333. The fourth-order valence-corrected chi connectivity index (χ4v) is 2.40. The molecule has 17 heavy (non-hydrogen) atoms. The molecule has 0 radical (unpaired) electrons. The zero-order valence-electron chi connectivity index (χ0n) is 9.93. The van der Waals surface area contributed by atoms with Gasteiger partial charge in [-0.25, -0.2) is 0 Å². The first-order chi connectivity index (χ1) is 7.91. The molecule has 0 bridgehead atoms. The second kappa shape index (κ2) is 4.41. The van der Waals surface area contributed by atoms with E-state index in [4.69, 9.17) is 23.2 Å². The molecule has 3 nitrogen and oxygen atoms in total. The van der Waals surface area contributed by atoms with Gasteiger partial charge in [0.1, 0.15) is 10.8 Å². The van der Waals surface area contributed by atoms with Crippen molar-refractivity contribution in [2.75, 3.05) is 14.1 Å². The van der Waals surface area contributed by atoms with Crippen molar-refractivity contribution in [3.05, 3.63) is 27.4 Å². The van der Waals surface area contributed by atoms with E-state index in [0.29, 0.717) is 11.6 Å². The van der Waals surface area contributed by atoms with Crippen molar-refractivity contribution < 1.29 is 5.11 Å². The molecule has 0 amide bonds. The van der Waals surface area contributed by atoms with E-state index in [0.717, 1.165) is 22.2 Å². The Kier molecular flexibility index (Phi) is 3.25. The Bertz CT molecular complexity index is 576. The second-order valence-electron chi connectivity index (χ2n) is 4.43. The van der Waals surface area contributed by atoms with Gasteiger partial charge in [-0.2, -0.15) is 0 Å². The van der Waals surface area contributed by atoms with Crippen molar-refractivity contribution in [1.82, 2.24) is 9.88 Å². The molecule has 0 spiro atoms. The highest BCUT2D eigenvalue weighted by atomic mass is 35.5. The van der Waals surface area contributed by atoms with Crippen LogP contribution in [0.1, 0.15) is 11.3 Å². The molecular formula is C12H14Cl2N2O. The minimum atomic E-state index is 0.0665. The van der Waals surface area contributed by atoms with E-state index in [1.54, 1.807) is 0 Å². The van der Waals surface area contributed by atoms with E-state index >= 15 is 0 Å². The zero-order chi connectivity index (χ0) is 12.7. The normalized spacial score (nSPS) is 11.6. The highest BCUT2D eigenvalue weighted by molar-refractivity contribution is 6.46. The van der Waals surface area contributed by atoms with Gasteiger partial charge in [0, 0.05) is 23.2 Å². The fourth-order valence-electron chi connectivity index (χ4n) is 1.95. The average molecular weight is 273 g/mol. The van der Waals surface area contributed by atoms with Crippen molar-refractivity contribution in [3.8, 4) is 5.75 Å². The van der Waals surface area contributed by atoms with Crippen LogP contribution in [0.4, 0.5) is 0 Å². The summed E-state index contributed by atoms with van der Waals surface area (Å²) in [5.41, 5.74) is 2.57. The van der Waals surface area contributed by atoms with Gasteiger partial charge >= 0.3 is 0 Å². The first kappa shape index (κ1) is 12.6. The quantitative estimate of drug-likeness (QED) is 0.878. The summed E-state index contributed by atoms with van der Waals surface area (Å²) in [4.78, 5) is 5.14. The van der Waals surface area contributed by atoms with Crippen LogP contribution < -0.4 is 0 Å². The number of hydrogen-bond donors (Lipinski definition) is 2. The number of hydrogen-bond acceptors (Lipinski definition) is 2. The van der Waals surface area contributed by atoms with Crippen LogP contribution in [0, 0.1) is 6.92 Å². The van der Waals surface area contributed by atoms with Crippen LogP contribution in [0.15, 0.2) is 6.07 Å². The molecule has 2 rings (SSSR count). The minimum Gasteiger partial charge on any atom is -0.506 e. The van der Waals surface area contributed by atoms with Gasteiger partial charge in [-0.3, -0.25) is 0 Å². The second-order valence-corrected chi connectivity index (χ2v) is 5.19. The van der Waals surface area contributed by atoms with Gasteiger partial charge in [0.25, 0.3) is 0 Å². The Morgan fingerprint density at radius 2 is 1.94 bits per heavy atom. The van der Waals surface area contributed by atoms with Crippen LogP contribution in [-0.4, -0.2) is 29.1 Å². The summed E-state index contributed by atoms with van der Waals surface area (Å²) >= 11 is 12.2. The standard InChI is InChI=1S/C12H14Cl2N2O/c1-6-4-7-8(5-16(2)3)12(17)10(14)9(13)11(7)15-6/h4,15,17H,5H2,1-3H3. The maximum absolute atomic E-state index is 10.1. The number of aryl methyl sites for hydroxylation is 1. The third-order valence-electron chi connectivity index (χ3n) is 2.66. The van der Waals surface area contributed by atoms with Crippen LogP contribution in [0.5, 0.6) is 5.75 Å². The molecule has 0 saturated heterocycles. The Hall–Kier alpha value is -0.900. The number of benzene rings is 1. The molecule has 92 valence electrons. The lowest BCUT2D eigenvalue weighted by molar-refractivity contribution is 0.388. The third-order valence-corrected chi connectivity index (χ3v) is 3.50. The highest BCUT2D eigenvalue weighted by Gasteiger charge is 2.18. The molecule has 0 saturated carbocycles. The molecule has 1 heterocycles. The molecular weight excluding hydrogens is 259 g/mol. The van der Waals surface area contributed by atoms with E-state index in [2.05, 4.69) is 4.98 Å². The Labute approximate surface area is 110 Å². The molecule has 0 atom stereocenters. The van der Waals surface area contributed by atoms with Crippen LogP contribution >= 0.6 is 23.2 Å². The largest absolute Gasteiger partial charge is 0.506 e. The molecule has 1 aromatic heterocycles. The molecule has 2 N–H and O–H groups in total. The van der Waals surface area contributed by atoms with Crippen molar-refractivity contribution in [2.24, 2.45) is 0 Å². The van der Waals surface area contributed by atoms with Crippen LogP contribution in [0.3, 0.4) is 0 Å². The van der Waals surface area contributed by atoms with Crippen LogP contribution in [-0.2, 0) is 6.54 Å². The van der Waals surface area contributed by atoms with E-state index in [9.17, 15) is 5.11 Å². The van der Waals surface area contributed by atoms with Gasteiger partial charge in [-0.1, -0.05) is 23.2 Å². The Morgan fingerprint density at radius 3 is 2.53 bits per heavy atom. The van der Waals surface area contributed by atoms with Gasteiger partial charge in [0.2, 0.25) is 0 Å². The lowest BCUT2D eigenvalue weighted by Gasteiger charge is -2.14. The summed E-state index contributed by atoms with van der Waals surface area (Å²) in [7, 11) is 3.88. The van der Waals surface area contributed by atoms with E-state index in [-0.39, 0.29) is 10.8 Å². The molecule has 0 fully saturated rings. The number of aromatic hydroxyl groups is 1. The van der Waals surface area contributed by atoms with E-state index < -0.39 is 0 Å². The summed E-state index contributed by atoms with van der Waals surface area (Å²) in [6.45, 7) is 2.55. The molecule has 1 aromatic carbocycles. The van der Waals surface area contributed by atoms with Gasteiger partial charge in [0.05, 0.1) is 10.5 Å². The van der Waals surface area contributed by atoms with Crippen molar-refractivity contribution >= 4 is 34.1 Å². The SMILES string of the molecule is Cc1cc2c(CN(C)C)c(O)c(Cl)c(Cl)c2[nH]1. The number of nitrogens with zero attached hydrogens (tertiary/aromatic N) is 1. The topological polar surface area (TPSA) is 39.3 Å². The first-order valence-electron chi connectivity index (χ1n) is 5.24. The molecule has 0 aliphatic heterocycles. The first-order valence-corrected chi connectivity index (χ1v) is 6.00. The molecule has 2 aromatic rings. The maximum atomic E-state index is 10.1. The smallest absolute Gasteiger partial charge is 0.140 e. The molecule has 5 heteroatoms. The number of rotatable bonds is 2. The van der Waals surface area contributed by atoms with Crippen molar-refractivity contribution in [1.29, 1.82) is 0 Å². The van der Waals surface area contributed by atoms with Crippen LogP contribution in [0.25, 0.3) is 10.9 Å². The van der Waals surface area contributed by atoms with E-state index in [1.165, 1.54) is 0 Å². The minimum absolute atomic E-state index is 0.0665. The number of phenolic OH excluding ortho intramolecular Hbond substituents is 1. The number of fused-ring (bicyclic) bond motifs is 1. The van der Waals surface area contributed by atoms with Gasteiger partial charge in [-0.15, -0.1) is 0 Å². The average Bonchev–Trinajstić information content (AvgIpc) is 2.63. The predicted octanol–water partition coefficient (Wildman–Crippen LogP) is 3.55. The summed E-state index contributed by atoms with van der Waals surface area (Å²) in [5.74, 6) is 0.0665. The summed E-state index contributed by atoms with van der Waals surface area (Å²) in [5, 5.41) is 11.6. The molecule has 0 aliphatic carbocycles. The Balaban J connectivity index is 2.79. The molecule has 0 unspecified atom stereocenters. The number of aromatic nitrogens is 1. The number of nitrogens with one attached hydrogen (secondary N) is 1. The van der Waals surface area contributed by atoms with Gasteiger partial charge in [0.15, 0.2) is 0 Å². The van der Waals surface area contributed by atoms with E-state index in [1.807, 2.05) is 32.0 Å². The monoisotopic (exact) mass is 272 g/mol.